The van der Waals surface area contributed by atoms with Gasteiger partial charge in [0, 0.05) is 23.2 Å². The maximum absolute atomic E-state index is 12.7. The summed E-state index contributed by atoms with van der Waals surface area (Å²) < 4.78 is 38.9. The van der Waals surface area contributed by atoms with E-state index in [1.165, 1.54) is 34.8 Å². The Morgan fingerprint density at radius 3 is 2.63 bits per heavy atom. The molecule has 0 aliphatic carbocycles. The third kappa shape index (κ3) is 4.49. The fourth-order valence-electron chi connectivity index (χ4n) is 2.83. The SMILES string of the molecule is CC(CC(=O)c1cc2scnc2cn1)c1cnc(Nc2ccc(C(F)(F)F)cc2)s1. The first-order valence-corrected chi connectivity index (χ1v) is 10.6. The molecule has 1 N–H and O–H groups in total. The lowest BCUT2D eigenvalue weighted by Crippen LogP contribution is -2.06. The van der Waals surface area contributed by atoms with Crippen LogP contribution in [-0.2, 0) is 6.18 Å². The van der Waals surface area contributed by atoms with Gasteiger partial charge in [-0.05, 0) is 36.2 Å². The van der Waals surface area contributed by atoms with Crippen LogP contribution in [0.25, 0.3) is 10.2 Å². The van der Waals surface area contributed by atoms with E-state index in [4.69, 9.17) is 0 Å². The van der Waals surface area contributed by atoms with Crippen molar-refractivity contribution in [3.05, 3.63) is 64.4 Å². The van der Waals surface area contributed by atoms with Crippen LogP contribution in [0.5, 0.6) is 0 Å². The second kappa shape index (κ2) is 8.11. The van der Waals surface area contributed by atoms with Crippen molar-refractivity contribution < 1.29 is 18.0 Å². The lowest BCUT2D eigenvalue weighted by atomic mass is 10.0. The number of hydrogen-bond donors (Lipinski definition) is 1. The number of rotatable bonds is 6. The molecule has 0 saturated heterocycles. The van der Waals surface area contributed by atoms with Crippen LogP contribution in [0.15, 0.2) is 48.2 Å². The van der Waals surface area contributed by atoms with Gasteiger partial charge in [-0.3, -0.25) is 9.78 Å². The van der Waals surface area contributed by atoms with E-state index in [0.717, 1.165) is 27.2 Å². The fraction of sp³-hybridized carbons (Fsp3) is 0.200. The first-order chi connectivity index (χ1) is 14.3. The van der Waals surface area contributed by atoms with Crippen molar-refractivity contribution in [2.75, 3.05) is 5.32 Å². The monoisotopic (exact) mass is 448 g/mol. The molecule has 3 aromatic heterocycles. The number of aromatic nitrogens is 3. The molecule has 0 aliphatic rings. The summed E-state index contributed by atoms with van der Waals surface area (Å²) in [5, 5.41) is 3.55. The molecule has 10 heteroatoms. The summed E-state index contributed by atoms with van der Waals surface area (Å²) in [7, 11) is 0. The van der Waals surface area contributed by atoms with Gasteiger partial charge in [0.2, 0.25) is 0 Å². The number of hydrogen-bond acceptors (Lipinski definition) is 7. The van der Waals surface area contributed by atoms with Crippen LogP contribution in [0.4, 0.5) is 24.0 Å². The number of anilines is 2. The molecule has 4 aromatic rings. The average Bonchev–Trinajstić information content (AvgIpc) is 3.36. The second-order valence-corrected chi connectivity index (χ2v) is 8.63. The highest BCUT2D eigenvalue weighted by molar-refractivity contribution is 7.16. The minimum Gasteiger partial charge on any atom is -0.332 e. The molecule has 0 fully saturated rings. The number of carbonyl (C=O) groups excluding carboxylic acids is 1. The van der Waals surface area contributed by atoms with Crippen LogP contribution in [0, 0.1) is 0 Å². The molecule has 3 heterocycles. The fourth-order valence-corrected chi connectivity index (χ4v) is 4.41. The van der Waals surface area contributed by atoms with E-state index >= 15 is 0 Å². The Labute approximate surface area is 177 Å². The first-order valence-electron chi connectivity index (χ1n) is 8.92. The van der Waals surface area contributed by atoms with Gasteiger partial charge in [0.05, 0.1) is 27.5 Å². The van der Waals surface area contributed by atoms with E-state index < -0.39 is 11.7 Å². The number of nitrogens with one attached hydrogen (secondary N) is 1. The molecule has 4 rings (SSSR count). The second-order valence-electron chi connectivity index (χ2n) is 6.69. The molecule has 0 aliphatic heterocycles. The molecule has 0 bridgehead atoms. The summed E-state index contributed by atoms with van der Waals surface area (Å²) in [5.41, 5.74) is 2.70. The number of ketones is 1. The summed E-state index contributed by atoms with van der Waals surface area (Å²) in [4.78, 5) is 26.1. The molecule has 0 spiro atoms. The Kier molecular flexibility index (Phi) is 5.52. The molecule has 0 saturated carbocycles. The van der Waals surface area contributed by atoms with Crippen LogP contribution in [0.3, 0.4) is 0 Å². The van der Waals surface area contributed by atoms with Crippen LogP contribution >= 0.6 is 22.7 Å². The smallest absolute Gasteiger partial charge is 0.332 e. The van der Waals surface area contributed by atoms with Crippen molar-refractivity contribution in [2.45, 2.75) is 25.4 Å². The molecule has 30 heavy (non-hydrogen) atoms. The topological polar surface area (TPSA) is 67.8 Å². The number of nitrogens with zero attached hydrogens (tertiary/aromatic N) is 3. The standard InChI is InChI=1S/C20H15F3N4OS2/c1-11(6-16(28)14-7-17-15(8-24-14)26-10-29-17)18-9-25-19(30-18)27-13-4-2-12(3-5-13)20(21,22)23/h2-5,7-11H,6H2,1H3,(H,25,27). The van der Waals surface area contributed by atoms with E-state index in [1.54, 1.807) is 24.0 Å². The van der Waals surface area contributed by atoms with Crippen LogP contribution in [0.1, 0.15) is 40.2 Å². The van der Waals surface area contributed by atoms with Crippen LogP contribution < -0.4 is 5.32 Å². The molecule has 1 atom stereocenters. The summed E-state index contributed by atoms with van der Waals surface area (Å²) in [6, 6.07) is 6.51. The average molecular weight is 448 g/mol. The Balaban J connectivity index is 1.40. The highest BCUT2D eigenvalue weighted by Gasteiger charge is 2.30. The number of carbonyl (C=O) groups is 1. The quantitative estimate of drug-likeness (QED) is 0.351. The van der Waals surface area contributed by atoms with Crippen LogP contribution in [0.2, 0.25) is 0 Å². The van der Waals surface area contributed by atoms with E-state index in [1.807, 2.05) is 6.92 Å². The number of thiazole rings is 2. The zero-order valence-electron chi connectivity index (χ0n) is 15.6. The van der Waals surface area contributed by atoms with Gasteiger partial charge in [-0.25, -0.2) is 9.97 Å². The van der Waals surface area contributed by atoms with Crippen molar-refractivity contribution in [1.29, 1.82) is 0 Å². The first kappa shape index (κ1) is 20.4. The highest BCUT2D eigenvalue weighted by atomic mass is 32.1. The molecule has 1 aromatic carbocycles. The Bertz CT molecular complexity index is 1180. The van der Waals surface area contributed by atoms with Gasteiger partial charge >= 0.3 is 6.18 Å². The van der Waals surface area contributed by atoms with E-state index in [0.29, 0.717) is 16.5 Å². The Hall–Kier alpha value is -2.85. The summed E-state index contributed by atoms with van der Waals surface area (Å²) >= 11 is 2.82. The number of alkyl halides is 3. The van der Waals surface area contributed by atoms with Crippen LogP contribution in [-0.4, -0.2) is 20.7 Å². The predicted molar refractivity (Wildman–Crippen MR) is 112 cm³/mol. The lowest BCUT2D eigenvalue weighted by Gasteiger charge is -2.08. The Morgan fingerprint density at radius 2 is 1.90 bits per heavy atom. The zero-order chi connectivity index (χ0) is 21.3. The summed E-state index contributed by atoms with van der Waals surface area (Å²) in [5.74, 6) is -0.138. The number of Topliss-reactive ketones (excluding diaryl/α,β-unsaturated/α-hetero) is 1. The van der Waals surface area contributed by atoms with Gasteiger partial charge in [0.15, 0.2) is 10.9 Å². The molecular formula is C20H15F3N4OS2. The Morgan fingerprint density at radius 1 is 1.13 bits per heavy atom. The van der Waals surface area contributed by atoms with Crippen molar-refractivity contribution in [2.24, 2.45) is 0 Å². The maximum Gasteiger partial charge on any atom is 0.416 e. The van der Waals surface area contributed by atoms with Crippen molar-refractivity contribution >= 4 is 49.5 Å². The molecule has 1 unspecified atom stereocenters. The number of pyridine rings is 1. The van der Waals surface area contributed by atoms with Gasteiger partial charge in [-0.2, -0.15) is 13.2 Å². The molecule has 154 valence electrons. The third-order valence-electron chi connectivity index (χ3n) is 4.47. The molecule has 5 nitrogen and oxygen atoms in total. The molecule has 0 radical (unpaired) electrons. The minimum atomic E-state index is -4.37. The normalized spacial score (nSPS) is 12.8. The summed E-state index contributed by atoms with van der Waals surface area (Å²) in [6.45, 7) is 1.93. The number of benzene rings is 1. The van der Waals surface area contributed by atoms with Gasteiger partial charge in [-0.15, -0.1) is 22.7 Å². The lowest BCUT2D eigenvalue weighted by molar-refractivity contribution is -0.137. The van der Waals surface area contributed by atoms with Gasteiger partial charge in [0.25, 0.3) is 0 Å². The summed E-state index contributed by atoms with van der Waals surface area (Å²) in [6.07, 6.45) is -0.815. The van der Waals surface area contributed by atoms with E-state index in [9.17, 15) is 18.0 Å². The van der Waals surface area contributed by atoms with Crippen molar-refractivity contribution in [3.8, 4) is 0 Å². The highest BCUT2D eigenvalue weighted by Crippen LogP contribution is 2.33. The van der Waals surface area contributed by atoms with Gasteiger partial charge in [0.1, 0.15) is 5.69 Å². The van der Waals surface area contributed by atoms with Gasteiger partial charge < -0.3 is 5.32 Å². The number of halogens is 3. The molecular weight excluding hydrogens is 433 g/mol. The van der Waals surface area contributed by atoms with Crippen molar-refractivity contribution in [3.63, 3.8) is 0 Å². The number of fused-ring (bicyclic) bond motifs is 1. The predicted octanol–water partition coefficient (Wildman–Crippen LogP) is 6.29. The molecule has 0 amide bonds. The third-order valence-corrected chi connectivity index (χ3v) is 6.40. The zero-order valence-corrected chi connectivity index (χ0v) is 17.2. The largest absolute Gasteiger partial charge is 0.416 e. The van der Waals surface area contributed by atoms with E-state index in [-0.39, 0.29) is 18.1 Å². The minimum absolute atomic E-state index is 0.0663. The van der Waals surface area contributed by atoms with E-state index in [2.05, 4.69) is 20.3 Å². The van der Waals surface area contributed by atoms with Crippen molar-refractivity contribution in [1.82, 2.24) is 15.0 Å². The maximum atomic E-state index is 12.7. The van der Waals surface area contributed by atoms with Gasteiger partial charge in [-0.1, -0.05) is 6.92 Å².